The van der Waals surface area contributed by atoms with Crippen molar-refractivity contribution in [2.75, 3.05) is 20.3 Å². The molecule has 1 aliphatic carbocycles. The highest BCUT2D eigenvalue weighted by molar-refractivity contribution is 9.10. The Kier molecular flexibility index (Phi) is 3.94. The van der Waals surface area contributed by atoms with Gasteiger partial charge in [-0.3, -0.25) is 0 Å². The van der Waals surface area contributed by atoms with Gasteiger partial charge in [0, 0.05) is 5.41 Å². The fourth-order valence-electron chi connectivity index (χ4n) is 1.91. The van der Waals surface area contributed by atoms with Gasteiger partial charge < -0.3 is 15.2 Å². The Labute approximate surface area is 110 Å². The zero-order valence-corrected chi connectivity index (χ0v) is 11.6. The van der Waals surface area contributed by atoms with Crippen molar-refractivity contribution in [1.82, 2.24) is 0 Å². The summed E-state index contributed by atoms with van der Waals surface area (Å²) in [5.74, 6) is 1.70. The van der Waals surface area contributed by atoms with E-state index in [9.17, 15) is 0 Å². The van der Waals surface area contributed by atoms with Crippen molar-refractivity contribution in [3.63, 3.8) is 0 Å². The molecule has 1 saturated carbocycles. The van der Waals surface area contributed by atoms with Crippen molar-refractivity contribution in [1.29, 1.82) is 0 Å². The van der Waals surface area contributed by atoms with Crippen molar-refractivity contribution in [2.24, 2.45) is 11.1 Å². The van der Waals surface area contributed by atoms with Crippen LogP contribution in [0.4, 0.5) is 0 Å². The summed E-state index contributed by atoms with van der Waals surface area (Å²) in [6.07, 6.45) is 3.52. The number of methoxy groups -OCH3 is 1. The molecular formula is C13H18BrNO2. The maximum atomic E-state index is 5.86. The first-order valence-electron chi connectivity index (χ1n) is 5.85. The maximum Gasteiger partial charge on any atom is 0.133 e. The van der Waals surface area contributed by atoms with Gasteiger partial charge in [-0.25, -0.2) is 0 Å². The van der Waals surface area contributed by atoms with Crippen molar-refractivity contribution in [3.05, 3.63) is 22.7 Å². The van der Waals surface area contributed by atoms with Gasteiger partial charge in [0.15, 0.2) is 0 Å². The minimum absolute atomic E-state index is 0.341. The monoisotopic (exact) mass is 299 g/mol. The van der Waals surface area contributed by atoms with Crippen molar-refractivity contribution < 1.29 is 9.47 Å². The van der Waals surface area contributed by atoms with E-state index in [1.807, 2.05) is 18.2 Å². The van der Waals surface area contributed by atoms with Crippen molar-refractivity contribution >= 4 is 15.9 Å². The van der Waals surface area contributed by atoms with E-state index >= 15 is 0 Å². The average Bonchev–Trinajstić information content (AvgIpc) is 3.08. The molecule has 94 valence electrons. The lowest BCUT2D eigenvalue weighted by Gasteiger charge is -2.16. The normalized spacial score (nSPS) is 16.6. The second kappa shape index (κ2) is 5.27. The second-order valence-electron chi connectivity index (χ2n) is 4.62. The minimum Gasteiger partial charge on any atom is -0.497 e. The van der Waals surface area contributed by atoms with Gasteiger partial charge in [-0.1, -0.05) is 0 Å². The molecule has 1 fully saturated rings. The number of benzene rings is 1. The largest absolute Gasteiger partial charge is 0.497 e. The Bertz CT molecular complexity index is 391. The maximum absolute atomic E-state index is 5.86. The van der Waals surface area contributed by atoms with Gasteiger partial charge >= 0.3 is 0 Å². The van der Waals surface area contributed by atoms with Gasteiger partial charge in [0.05, 0.1) is 18.2 Å². The van der Waals surface area contributed by atoms with E-state index in [4.69, 9.17) is 15.2 Å². The van der Waals surface area contributed by atoms with Crippen LogP contribution in [0.1, 0.15) is 19.3 Å². The summed E-state index contributed by atoms with van der Waals surface area (Å²) in [4.78, 5) is 0. The van der Waals surface area contributed by atoms with Crippen LogP contribution in [0.15, 0.2) is 22.7 Å². The molecule has 0 amide bonds. The number of rotatable bonds is 6. The summed E-state index contributed by atoms with van der Waals surface area (Å²) in [5.41, 5.74) is 5.95. The number of ether oxygens (including phenoxy) is 2. The predicted molar refractivity (Wildman–Crippen MR) is 71.5 cm³/mol. The molecule has 17 heavy (non-hydrogen) atoms. The van der Waals surface area contributed by atoms with Gasteiger partial charge in [0.2, 0.25) is 0 Å². The molecule has 0 aromatic heterocycles. The predicted octanol–water partition coefficient (Wildman–Crippen LogP) is 2.97. The molecule has 2 N–H and O–H groups in total. The first-order valence-corrected chi connectivity index (χ1v) is 6.65. The summed E-state index contributed by atoms with van der Waals surface area (Å²) in [6, 6.07) is 5.75. The lowest BCUT2D eigenvalue weighted by molar-refractivity contribution is 0.225. The zero-order chi connectivity index (χ0) is 12.3. The molecule has 4 heteroatoms. The van der Waals surface area contributed by atoms with Gasteiger partial charge in [0.25, 0.3) is 0 Å². The van der Waals surface area contributed by atoms with Gasteiger partial charge in [-0.05, 0) is 59.9 Å². The topological polar surface area (TPSA) is 44.5 Å². The molecule has 1 aromatic rings. The average molecular weight is 300 g/mol. The van der Waals surface area contributed by atoms with E-state index in [0.29, 0.717) is 5.41 Å². The Morgan fingerprint density at radius 1 is 1.41 bits per heavy atom. The van der Waals surface area contributed by atoms with Crippen LogP contribution in [0.5, 0.6) is 11.5 Å². The Hall–Kier alpha value is -0.740. The van der Waals surface area contributed by atoms with E-state index in [0.717, 1.165) is 35.5 Å². The summed E-state index contributed by atoms with van der Waals surface area (Å²) in [6.45, 7) is 1.50. The lowest BCUT2D eigenvalue weighted by atomic mass is 10.0. The quantitative estimate of drug-likeness (QED) is 0.878. The minimum atomic E-state index is 0.341. The summed E-state index contributed by atoms with van der Waals surface area (Å²) in [5, 5.41) is 0. The molecule has 0 radical (unpaired) electrons. The number of nitrogens with two attached hydrogens (primary N) is 1. The van der Waals surface area contributed by atoms with E-state index in [2.05, 4.69) is 15.9 Å². The molecule has 0 heterocycles. The van der Waals surface area contributed by atoms with E-state index < -0.39 is 0 Å². The van der Waals surface area contributed by atoms with E-state index in [1.165, 1.54) is 12.8 Å². The van der Waals surface area contributed by atoms with E-state index in [1.54, 1.807) is 7.11 Å². The van der Waals surface area contributed by atoms with Gasteiger partial charge in [0.1, 0.15) is 11.5 Å². The molecule has 0 bridgehead atoms. The molecule has 3 nitrogen and oxygen atoms in total. The summed E-state index contributed by atoms with van der Waals surface area (Å²) < 4.78 is 11.9. The summed E-state index contributed by atoms with van der Waals surface area (Å²) in [7, 11) is 1.66. The van der Waals surface area contributed by atoms with Crippen LogP contribution in [0, 0.1) is 5.41 Å². The highest BCUT2D eigenvalue weighted by Gasteiger charge is 2.42. The van der Waals surface area contributed by atoms with Crippen molar-refractivity contribution in [2.45, 2.75) is 19.3 Å². The molecule has 0 saturated heterocycles. The van der Waals surface area contributed by atoms with Crippen LogP contribution in [0.25, 0.3) is 0 Å². The molecule has 0 atom stereocenters. The first-order chi connectivity index (χ1) is 8.19. The molecule has 0 unspecified atom stereocenters. The third kappa shape index (κ3) is 3.13. The third-order valence-electron chi connectivity index (χ3n) is 3.30. The fraction of sp³-hybridized carbons (Fsp3) is 0.538. The standard InChI is InChI=1S/C13H18BrNO2/c1-16-10-2-3-12(11(14)8-10)17-9-13(4-5-13)6-7-15/h2-3,8H,4-7,9,15H2,1H3. The van der Waals surface area contributed by atoms with Gasteiger partial charge in [-0.2, -0.15) is 0 Å². The Balaban J connectivity index is 1.95. The van der Waals surface area contributed by atoms with Crippen LogP contribution in [0.2, 0.25) is 0 Å². The van der Waals surface area contributed by atoms with E-state index in [-0.39, 0.29) is 0 Å². The molecule has 1 aliphatic rings. The summed E-state index contributed by atoms with van der Waals surface area (Å²) >= 11 is 3.49. The molecular weight excluding hydrogens is 282 g/mol. The number of halogens is 1. The highest BCUT2D eigenvalue weighted by atomic mass is 79.9. The Morgan fingerprint density at radius 2 is 2.18 bits per heavy atom. The van der Waals surface area contributed by atoms with Crippen LogP contribution < -0.4 is 15.2 Å². The number of hydrogen-bond donors (Lipinski definition) is 1. The highest BCUT2D eigenvalue weighted by Crippen LogP contribution is 2.49. The smallest absolute Gasteiger partial charge is 0.133 e. The van der Waals surface area contributed by atoms with Crippen molar-refractivity contribution in [3.8, 4) is 11.5 Å². The van der Waals surface area contributed by atoms with Gasteiger partial charge in [-0.15, -0.1) is 0 Å². The van der Waals surface area contributed by atoms with Crippen LogP contribution >= 0.6 is 15.9 Å². The molecule has 0 aliphatic heterocycles. The lowest BCUT2D eigenvalue weighted by Crippen LogP contribution is -2.17. The first kappa shape index (κ1) is 12.7. The van der Waals surface area contributed by atoms with Crippen LogP contribution in [-0.2, 0) is 0 Å². The number of hydrogen-bond acceptors (Lipinski definition) is 3. The second-order valence-corrected chi connectivity index (χ2v) is 5.48. The van der Waals surface area contributed by atoms with Crippen LogP contribution in [0.3, 0.4) is 0 Å². The Morgan fingerprint density at radius 3 is 2.71 bits per heavy atom. The fourth-order valence-corrected chi connectivity index (χ4v) is 2.38. The SMILES string of the molecule is COc1ccc(OCC2(CCN)CC2)c(Br)c1. The molecule has 1 aromatic carbocycles. The molecule has 0 spiro atoms. The van der Waals surface area contributed by atoms with Crippen LogP contribution in [-0.4, -0.2) is 20.3 Å². The third-order valence-corrected chi connectivity index (χ3v) is 3.92. The molecule has 2 rings (SSSR count). The zero-order valence-electron chi connectivity index (χ0n) is 10.0.